The van der Waals surface area contributed by atoms with E-state index in [1.807, 2.05) is 0 Å². The van der Waals surface area contributed by atoms with Crippen LogP contribution in [-0.2, 0) is 6.42 Å². The largest absolute Gasteiger partial charge is 1.00 e. The Balaban J connectivity index is 0. The molecule has 0 saturated heterocycles. The third-order valence-electron chi connectivity index (χ3n) is 2.26. The number of fused-ring (bicyclic) bond motifs is 1. The molecule has 0 aliphatic rings. The quantitative estimate of drug-likeness (QED) is 0.250. The van der Waals surface area contributed by atoms with Crippen LogP contribution in [0.5, 0.6) is 0 Å². The van der Waals surface area contributed by atoms with Crippen molar-refractivity contribution >= 4 is 42.6 Å². The van der Waals surface area contributed by atoms with E-state index in [1.54, 1.807) is 0 Å². The molecular weight excluding hydrogens is 416 g/mol. The minimum Gasteiger partial charge on any atom is -0.107 e. The van der Waals surface area contributed by atoms with E-state index in [2.05, 4.69) is 49.4 Å². The molecule has 0 aliphatic heterocycles. The zero-order chi connectivity index (χ0) is 14.8. The summed E-state index contributed by atoms with van der Waals surface area (Å²) in [4.78, 5) is 0. The van der Waals surface area contributed by atoms with Crippen molar-refractivity contribution in [2.75, 3.05) is 0 Å². The average molecular weight is 430 g/mol. The Labute approximate surface area is 130 Å². The van der Waals surface area contributed by atoms with Crippen molar-refractivity contribution in [3.05, 3.63) is 48.0 Å². The van der Waals surface area contributed by atoms with Crippen LogP contribution in [0.1, 0.15) is 13.9 Å². The monoisotopic (exact) mass is 430 g/mol. The molecule has 2 rings (SSSR count). The number of halogens is 7. The molecule has 0 heterocycles. The summed E-state index contributed by atoms with van der Waals surface area (Å²) in [6, 6.07) is 15.0. The summed E-state index contributed by atoms with van der Waals surface area (Å²) in [6.45, 7) is 2.20. The standard InChI is InChI=1S/C12H12.F6P.HI/c1-2-10-7-5-8-11-6-3-4-9-12(10)11;1-7(2,3,4,5)6;/h3-9H,2H2,1H3;;1H/q;-1;/p+1. The van der Waals surface area contributed by atoms with Crippen LogP contribution in [0, 0.1) is 0 Å². The minimum absolute atomic E-state index is 0. The van der Waals surface area contributed by atoms with Crippen LogP contribution in [0.4, 0.5) is 25.2 Å². The van der Waals surface area contributed by atoms with Crippen molar-refractivity contribution in [2.45, 2.75) is 13.3 Å². The molecular formula is C12H14F6IP. The van der Waals surface area contributed by atoms with Crippen molar-refractivity contribution in [2.24, 2.45) is 0 Å². The molecule has 0 saturated carbocycles. The van der Waals surface area contributed by atoms with Crippen molar-refractivity contribution < 1.29 is 26.6 Å². The molecule has 0 aliphatic carbocycles. The Hall–Kier alpha value is -0.560. The fourth-order valence-electron chi connectivity index (χ4n) is 1.60. The molecule has 0 nitrogen and oxygen atoms in total. The first-order chi connectivity index (χ1) is 8.36. The van der Waals surface area contributed by atoms with Gasteiger partial charge in [0.2, 0.25) is 0 Å². The van der Waals surface area contributed by atoms with E-state index >= 15 is 0 Å². The molecule has 2 aromatic rings. The van der Waals surface area contributed by atoms with Crippen molar-refractivity contribution in [1.29, 1.82) is 0 Å². The van der Waals surface area contributed by atoms with Gasteiger partial charge in [0.1, 0.15) is 0 Å². The Morgan fingerprint density at radius 2 is 1.30 bits per heavy atom. The van der Waals surface area contributed by atoms with Crippen molar-refractivity contribution in [1.82, 2.24) is 0 Å². The first-order valence-electron chi connectivity index (χ1n) is 5.40. The second-order valence-electron chi connectivity index (χ2n) is 3.95. The van der Waals surface area contributed by atoms with Crippen molar-refractivity contribution in [3.8, 4) is 0 Å². The van der Waals surface area contributed by atoms with Gasteiger partial charge in [-0.15, -0.1) is 24.0 Å². The van der Waals surface area contributed by atoms with E-state index in [4.69, 9.17) is 0 Å². The van der Waals surface area contributed by atoms with Crippen LogP contribution >= 0.6 is 31.8 Å². The van der Waals surface area contributed by atoms with Crippen LogP contribution in [0.25, 0.3) is 10.8 Å². The Kier molecular flexibility index (Phi) is 5.52. The van der Waals surface area contributed by atoms with Crippen LogP contribution in [0.3, 0.4) is 0 Å². The molecule has 0 spiro atoms. The van der Waals surface area contributed by atoms with Gasteiger partial charge in [-0.2, -0.15) is 0 Å². The normalized spacial score (nSPS) is 14.3. The summed E-state index contributed by atoms with van der Waals surface area (Å²) in [5.41, 5.74) is 1.44. The number of benzene rings is 2. The van der Waals surface area contributed by atoms with Crippen LogP contribution in [-0.4, -0.2) is 0 Å². The molecule has 0 amide bonds. The topological polar surface area (TPSA) is 0 Å². The maximum atomic E-state index is 9.87. The summed E-state index contributed by atoms with van der Waals surface area (Å²) in [6.07, 6.45) is 1.11. The maximum absolute atomic E-state index is 10.7. The first kappa shape index (κ1) is 19.4. The average Bonchev–Trinajstić information content (AvgIpc) is 2.24. The predicted octanol–water partition coefficient (Wildman–Crippen LogP) is 7.52. The molecule has 116 valence electrons. The van der Waals surface area contributed by atoms with Gasteiger partial charge in [-0.3, -0.25) is 0 Å². The number of hydrogen-bond acceptors (Lipinski definition) is 0. The minimum atomic E-state index is -10.7. The van der Waals surface area contributed by atoms with Gasteiger partial charge in [-0.1, -0.05) is 49.4 Å². The maximum Gasteiger partial charge on any atom is 1.00 e. The van der Waals surface area contributed by atoms with E-state index in [1.165, 1.54) is 16.3 Å². The molecule has 2 aromatic carbocycles. The molecule has 0 N–H and O–H groups in total. The van der Waals surface area contributed by atoms with E-state index in [0.717, 1.165) is 6.42 Å². The summed E-state index contributed by atoms with van der Waals surface area (Å²) in [5, 5.41) is 2.74. The van der Waals surface area contributed by atoms with E-state index in [0.29, 0.717) is 0 Å². The van der Waals surface area contributed by atoms with E-state index in [-0.39, 0.29) is 25.4 Å². The SMILES string of the molecule is CCc1cccc2ccccc12.F[P-](F)(F)(F)(F)F.I.[H+]. The van der Waals surface area contributed by atoms with Crippen LogP contribution in [0.2, 0.25) is 0 Å². The molecule has 20 heavy (non-hydrogen) atoms. The molecule has 0 unspecified atom stereocenters. The number of aryl methyl sites for hydroxylation is 1. The number of rotatable bonds is 1. The van der Waals surface area contributed by atoms with Crippen LogP contribution < -0.4 is 0 Å². The molecule has 0 bridgehead atoms. The zero-order valence-corrected chi connectivity index (χ0v) is 13.6. The predicted molar refractivity (Wildman–Crippen MR) is 83.4 cm³/mol. The third kappa shape index (κ3) is 9.36. The second-order valence-corrected chi connectivity index (χ2v) is 5.87. The molecule has 0 fully saturated rings. The summed E-state index contributed by atoms with van der Waals surface area (Å²) in [7, 11) is -10.7. The Bertz CT molecular complexity index is 568. The van der Waals surface area contributed by atoms with Gasteiger partial charge in [-0.25, -0.2) is 0 Å². The summed E-state index contributed by atoms with van der Waals surface area (Å²) < 4.78 is 59.2. The third-order valence-corrected chi connectivity index (χ3v) is 2.26. The zero-order valence-electron chi connectivity index (χ0n) is 11.4. The van der Waals surface area contributed by atoms with E-state index < -0.39 is 7.81 Å². The van der Waals surface area contributed by atoms with Gasteiger partial charge in [0.05, 0.1) is 0 Å². The molecule has 0 aromatic heterocycles. The molecule has 8 heteroatoms. The summed E-state index contributed by atoms with van der Waals surface area (Å²) in [5.74, 6) is 0. The van der Waals surface area contributed by atoms with Crippen molar-refractivity contribution in [3.63, 3.8) is 0 Å². The molecule has 0 atom stereocenters. The smallest absolute Gasteiger partial charge is 0.107 e. The van der Waals surface area contributed by atoms with Crippen LogP contribution in [0.15, 0.2) is 42.5 Å². The van der Waals surface area contributed by atoms with Gasteiger partial charge in [0.25, 0.3) is 0 Å². The fourth-order valence-corrected chi connectivity index (χ4v) is 1.60. The van der Waals surface area contributed by atoms with Gasteiger partial charge < -0.3 is 0 Å². The summed E-state index contributed by atoms with van der Waals surface area (Å²) >= 11 is 0. The Morgan fingerprint density at radius 1 is 0.850 bits per heavy atom. The van der Waals surface area contributed by atoms with Gasteiger partial charge >= 0.3 is 34.4 Å². The number of hydrogen-bond donors (Lipinski definition) is 0. The molecule has 0 radical (unpaired) electrons. The van der Waals surface area contributed by atoms with Gasteiger partial charge in [0.15, 0.2) is 0 Å². The first-order valence-corrected chi connectivity index (χ1v) is 7.42. The Morgan fingerprint density at radius 3 is 1.80 bits per heavy atom. The van der Waals surface area contributed by atoms with E-state index in [9.17, 15) is 25.2 Å². The van der Waals surface area contributed by atoms with Gasteiger partial charge in [0, 0.05) is 0 Å². The fraction of sp³-hybridized carbons (Fsp3) is 0.167. The second kappa shape index (κ2) is 5.67. The van der Waals surface area contributed by atoms with Gasteiger partial charge in [-0.05, 0) is 22.8 Å².